The zero-order valence-corrected chi connectivity index (χ0v) is 26.0. The third-order valence-electron chi connectivity index (χ3n) is 9.82. The average Bonchev–Trinajstić information content (AvgIpc) is 3.79. The van der Waals surface area contributed by atoms with Crippen molar-refractivity contribution in [3.63, 3.8) is 0 Å². The Morgan fingerprint density at radius 2 is 1.89 bits per heavy atom. The Balaban J connectivity index is 1.23. The summed E-state index contributed by atoms with van der Waals surface area (Å²) in [6, 6.07) is 3.55. The van der Waals surface area contributed by atoms with Crippen LogP contribution in [0.2, 0.25) is 0 Å². The van der Waals surface area contributed by atoms with Gasteiger partial charge in [-0.05, 0) is 42.5 Å². The molecular formula is C32H41F2N9O2. The Bertz CT molecular complexity index is 1600. The SMILES string of the molecule is CC(=O)N1CCc2c(c(N3CCCc4cc(-c5cnn(C)c5)c(C(F)F)cc43)nn2[C@@H]2CCN(C(=O)CN3CCNCC3)C2)C1. The van der Waals surface area contributed by atoms with Gasteiger partial charge in [-0.2, -0.15) is 10.2 Å². The van der Waals surface area contributed by atoms with Gasteiger partial charge in [0.2, 0.25) is 11.8 Å². The number of alkyl halides is 2. The summed E-state index contributed by atoms with van der Waals surface area (Å²) < 4.78 is 32.8. The number of likely N-dealkylation sites (tertiary alicyclic amines) is 1. The Kier molecular flexibility index (Phi) is 8.07. The van der Waals surface area contributed by atoms with Crippen LogP contribution in [0.4, 0.5) is 20.3 Å². The second-order valence-corrected chi connectivity index (χ2v) is 12.7. The summed E-state index contributed by atoms with van der Waals surface area (Å²) in [4.78, 5) is 33.8. The number of nitrogens with zero attached hydrogens (tertiary/aromatic N) is 8. The minimum Gasteiger partial charge on any atom is -0.339 e. The number of amides is 2. The fourth-order valence-electron chi connectivity index (χ4n) is 7.40. The Morgan fingerprint density at radius 3 is 2.62 bits per heavy atom. The standard InChI is InChI=1S/C32H41F2N9O2/c1-21(44)40-11-6-28-27(19-40)32(37-43(28)24-5-10-41(18-24)30(45)20-39-12-7-35-8-13-39)42-9-3-4-22-14-25(23-16-36-38(2)17-23)26(31(33)34)15-29(22)42/h14-17,24,31,35H,3-13,18-20H2,1-2H3/t24-/m1/s1. The molecule has 0 saturated carbocycles. The third kappa shape index (κ3) is 5.71. The van der Waals surface area contributed by atoms with E-state index in [1.807, 2.05) is 15.9 Å². The van der Waals surface area contributed by atoms with Gasteiger partial charge in [-0.3, -0.25) is 23.9 Å². The maximum atomic E-state index is 14.5. The highest BCUT2D eigenvalue weighted by molar-refractivity contribution is 5.79. The van der Waals surface area contributed by atoms with Crippen LogP contribution >= 0.6 is 0 Å². The number of piperazine rings is 1. The first-order valence-corrected chi connectivity index (χ1v) is 16.0. The third-order valence-corrected chi connectivity index (χ3v) is 9.82. The number of carbonyl (C=O) groups is 2. The Labute approximate surface area is 261 Å². The van der Waals surface area contributed by atoms with Crippen LogP contribution in [0, 0.1) is 0 Å². The number of fused-ring (bicyclic) bond motifs is 2. The summed E-state index contributed by atoms with van der Waals surface area (Å²) in [6.45, 7) is 8.52. The lowest BCUT2D eigenvalue weighted by Gasteiger charge is -2.33. The normalized spacial score (nSPS) is 20.6. The van der Waals surface area contributed by atoms with Gasteiger partial charge in [0.1, 0.15) is 0 Å². The predicted molar refractivity (Wildman–Crippen MR) is 165 cm³/mol. The molecular weight excluding hydrogens is 580 g/mol. The van der Waals surface area contributed by atoms with E-state index in [-0.39, 0.29) is 23.4 Å². The van der Waals surface area contributed by atoms with Gasteiger partial charge < -0.3 is 20.0 Å². The molecule has 1 aromatic carbocycles. The fraction of sp³-hybridized carbons (Fsp3) is 0.562. The lowest BCUT2D eigenvalue weighted by molar-refractivity contribution is -0.132. The van der Waals surface area contributed by atoms with E-state index in [0.29, 0.717) is 56.8 Å². The molecule has 0 unspecified atom stereocenters. The summed E-state index contributed by atoms with van der Waals surface area (Å²) in [5.74, 6) is 0.888. The number of aryl methyl sites for hydroxylation is 2. The van der Waals surface area contributed by atoms with Crippen LogP contribution in [-0.4, -0.2) is 105 Å². The fourth-order valence-corrected chi connectivity index (χ4v) is 7.40. The number of aromatic nitrogens is 4. The number of nitrogens with one attached hydrogen (secondary N) is 1. The van der Waals surface area contributed by atoms with E-state index in [1.165, 1.54) is 0 Å². The van der Waals surface area contributed by atoms with Crippen molar-refractivity contribution < 1.29 is 18.4 Å². The number of anilines is 2. The monoisotopic (exact) mass is 621 g/mol. The van der Waals surface area contributed by atoms with Crippen LogP contribution in [0.25, 0.3) is 11.1 Å². The van der Waals surface area contributed by atoms with E-state index in [9.17, 15) is 18.4 Å². The van der Waals surface area contributed by atoms with Crippen molar-refractivity contribution in [1.29, 1.82) is 0 Å². The van der Waals surface area contributed by atoms with Crippen LogP contribution in [0.3, 0.4) is 0 Å². The van der Waals surface area contributed by atoms with E-state index in [0.717, 1.165) is 73.8 Å². The van der Waals surface area contributed by atoms with Crippen molar-refractivity contribution in [2.75, 3.05) is 63.8 Å². The van der Waals surface area contributed by atoms with Crippen molar-refractivity contribution in [3.8, 4) is 11.1 Å². The number of carbonyl (C=O) groups excluding carboxylic acids is 2. The number of benzene rings is 1. The molecule has 0 spiro atoms. The Morgan fingerprint density at radius 1 is 1.07 bits per heavy atom. The maximum absolute atomic E-state index is 14.5. The van der Waals surface area contributed by atoms with Crippen molar-refractivity contribution in [1.82, 2.24) is 39.6 Å². The second kappa shape index (κ2) is 12.2. The smallest absolute Gasteiger partial charge is 0.264 e. The summed E-state index contributed by atoms with van der Waals surface area (Å²) in [5, 5.41) is 12.7. The number of hydrogen-bond donors (Lipinski definition) is 1. The molecule has 45 heavy (non-hydrogen) atoms. The molecule has 7 rings (SSSR count). The van der Waals surface area contributed by atoms with E-state index >= 15 is 0 Å². The molecule has 2 amide bonds. The highest BCUT2D eigenvalue weighted by atomic mass is 19.3. The first kappa shape index (κ1) is 29.8. The molecule has 11 nitrogen and oxygen atoms in total. The average molecular weight is 622 g/mol. The molecule has 2 saturated heterocycles. The topological polar surface area (TPSA) is 94.8 Å². The molecule has 240 valence electrons. The molecule has 0 aliphatic carbocycles. The van der Waals surface area contributed by atoms with Crippen molar-refractivity contribution >= 4 is 23.3 Å². The van der Waals surface area contributed by atoms with Gasteiger partial charge in [0.25, 0.3) is 6.43 Å². The van der Waals surface area contributed by atoms with Crippen molar-refractivity contribution in [2.45, 2.75) is 51.6 Å². The molecule has 13 heteroatoms. The number of rotatable bonds is 6. The lowest BCUT2D eigenvalue weighted by atomic mass is 9.92. The minimum absolute atomic E-state index is 0.00467. The molecule has 0 bridgehead atoms. The van der Waals surface area contributed by atoms with Gasteiger partial charge in [-0.1, -0.05) is 0 Å². The van der Waals surface area contributed by atoms with Crippen LogP contribution in [-0.2, 0) is 36.0 Å². The molecule has 4 aliphatic rings. The zero-order chi connectivity index (χ0) is 31.2. The highest BCUT2D eigenvalue weighted by Gasteiger charge is 2.36. The van der Waals surface area contributed by atoms with E-state index in [4.69, 9.17) is 5.10 Å². The van der Waals surface area contributed by atoms with Gasteiger partial charge in [0, 0.05) is 107 Å². The molecule has 0 radical (unpaired) electrons. The number of hydrogen-bond acceptors (Lipinski definition) is 7. The molecule has 4 aliphatic heterocycles. The summed E-state index contributed by atoms with van der Waals surface area (Å²) >= 11 is 0. The van der Waals surface area contributed by atoms with Crippen LogP contribution in [0.5, 0.6) is 0 Å². The molecule has 6 heterocycles. The van der Waals surface area contributed by atoms with Crippen LogP contribution in [0.15, 0.2) is 24.5 Å². The quantitative estimate of drug-likeness (QED) is 0.453. The molecule has 2 aromatic heterocycles. The summed E-state index contributed by atoms with van der Waals surface area (Å²) in [5.41, 5.74) is 4.95. The van der Waals surface area contributed by atoms with E-state index < -0.39 is 6.43 Å². The Hall–Kier alpha value is -3.84. The van der Waals surface area contributed by atoms with Gasteiger partial charge in [0.05, 0.1) is 25.3 Å². The summed E-state index contributed by atoms with van der Waals surface area (Å²) in [6.07, 6.45) is 3.83. The van der Waals surface area contributed by atoms with Crippen LogP contribution < -0.4 is 10.2 Å². The highest BCUT2D eigenvalue weighted by Crippen LogP contribution is 2.43. The molecule has 1 N–H and O–H groups in total. The summed E-state index contributed by atoms with van der Waals surface area (Å²) in [7, 11) is 1.78. The van der Waals surface area contributed by atoms with Gasteiger partial charge in [0.15, 0.2) is 5.82 Å². The molecule has 1 atom stereocenters. The second-order valence-electron chi connectivity index (χ2n) is 12.7. The van der Waals surface area contributed by atoms with Crippen molar-refractivity contribution in [2.24, 2.45) is 7.05 Å². The van der Waals surface area contributed by atoms with Gasteiger partial charge in [-0.15, -0.1) is 0 Å². The van der Waals surface area contributed by atoms with Gasteiger partial charge >= 0.3 is 0 Å². The molecule has 2 fully saturated rings. The minimum atomic E-state index is -2.66. The van der Waals surface area contributed by atoms with Gasteiger partial charge in [-0.25, -0.2) is 8.78 Å². The molecule has 3 aromatic rings. The number of halogens is 2. The van der Waals surface area contributed by atoms with E-state index in [1.54, 1.807) is 37.1 Å². The first-order chi connectivity index (χ1) is 21.8. The maximum Gasteiger partial charge on any atom is 0.264 e. The van der Waals surface area contributed by atoms with Crippen LogP contribution in [0.1, 0.15) is 54.6 Å². The van der Waals surface area contributed by atoms with Crippen molar-refractivity contribution in [3.05, 3.63) is 46.9 Å². The largest absolute Gasteiger partial charge is 0.339 e. The van der Waals surface area contributed by atoms with E-state index in [2.05, 4.69) is 24.9 Å². The first-order valence-electron chi connectivity index (χ1n) is 16.0. The lowest BCUT2D eigenvalue weighted by Crippen LogP contribution is -2.48. The predicted octanol–water partition coefficient (Wildman–Crippen LogP) is 2.89. The zero-order valence-electron chi connectivity index (χ0n) is 26.0.